The lowest BCUT2D eigenvalue weighted by Crippen LogP contribution is -2.17. The minimum absolute atomic E-state index is 0. The van der Waals surface area contributed by atoms with Gasteiger partial charge in [0.1, 0.15) is 6.61 Å². The summed E-state index contributed by atoms with van der Waals surface area (Å²) in [6.45, 7) is 2.02. The van der Waals surface area contributed by atoms with Crippen molar-refractivity contribution in [3.63, 3.8) is 0 Å². The molecule has 28 heavy (non-hydrogen) atoms. The summed E-state index contributed by atoms with van der Waals surface area (Å²) >= 11 is 1.62. The van der Waals surface area contributed by atoms with E-state index in [9.17, 15) is 0 Å². The Hall–Kier alpha value is -2.29. The Bertz CT molecular complexity index is 847. The van der Waals surface area contributed by atoms with Crippen molar-refractivity contribution in [3.05, 3.63) is 59.7 Å². The molecule has 0 atom stereocenters. The average Bonchev–Trinajstić information content (AvgIpc) is 3.12. The summed E-state index contributed by atoms with van der Waals surface area (Å²) in [6.07, 6.45) is 0. The quantitative estimate of drug-likeness (QED) is 0.398. The van der Waals surface area contributed by atoms with E-state index >= 15 is 0 Å². The highest BCUT2D eigenvalue weighted by molar-refractivity contribution is 7.99. The molecular weight excluding hydrogens is 398 g/mol. The maximum atomic E-state index is 6.08. The summed E-state index contributed by atoms with van der Waals surface area (Å²) in [5, 5.41) is 15.7. The molecule has 1 heterocycles. The number of nitrogens with one attached hydrogen (secondary N) is 1. The molecule has 7 nitrogen and oxygen atoms in total. The summed E-state index contributed by atoms with van der Waals surface area (Å²) in [5.41, 5.74) is 2.19. The number of aryl methyl sites for hydroxylation is 1. The first-order valence-corrected chi connectivity index (χ1v) is 9.65. The minimum Gasteiger partial charge on any atom is -0.493 e. The Morgan fingerprint density at radius 3 is 2.64 bits per heavy atom. The van der Waals surface area contributed by atoms with Gasteiger partial charge in [-0.3, -0.25) is 0 Å². The van der Waals surface area contributed by atoms with Gasteiger partial charge in [-0.1, -0.05) is 54.2 Å². The first-order chi connectivity index (χ1) is 13.3. The highest BCUT2D eigenvalue weighted by Crippen LogP contribution is 2.31. The Kier molecular flexibility index (Phi) is 9.06. The molecule has 0 radical (unpaired) electrons. The van der Waals surface area contributed by atoms with E-state index in [1.807, 2.05) is 49.5 Å². The fourth-order valence-corrected chi connectivity index (χ4v) is 3.28. The highest BCUT2D eigenvalue weighted by atomic mass is 35.5. The lowest BCUT2D eigenvalue weighted by atomic mass is 10.1. The van der Waals surface area contributed by atoms with Crippen LogP contribution in [-0.2, 0) is 20.2 Å². The number of tetrazole rings is 1. The third-order valence-electron chi connectivity index (χ3n) is 3.91. The van der Waals surface area contributed by atoms with Gasteiger partial charge in [0.05, 0.1) is 7.11 Å². The Labute approximate surface area is 175 Å². The van der Waals surface area contributed by atoms with Gasteiger partial charge >= 0.3 is 0 Å². The molecule has 0 aliphatic carbocycles. The van der Waals surface area contributed by atoms with Gasteiger partial charge in [0.2, 0.25) is 5.16 Å². The van der Waals surface area contributed by atoms with Crippen LogP contribution in [0.5, 0.6) is 11.5 Å². The fourth-order valence-electron chi connectivity index (χ4n) is 2.54. The molecule has 0 aliphatic heterocycles. The van der Waals surface area contributed by atoms with Crippen LogP contribution in [-0.4, -0.2) is 39.6 Å². The largest absolute Gasteiger partial charge is 0.493 e. The maximum Gasteiger partial charge on any atom is 0.209 e. The van der Waals surface area contributed by atoms with E-state index in [2.05, 4.69) is 26.9 Å². The molecule has 0 aliphatic rings. The van der Waals surface area contributed by atoms with E-state index in [-0.39, 0.29) is 12.4 Å². The monoisotopic (exact) mass is 421 g/mol. The predicted molar refractivity (Wildman–Crippen MR) is 112 cm³/mol. The molecule has 0 spiro atoms. The zero-order chi connectivity index (χ0) is 18.9. The lowest BCUT2D eigenvalue weighted by molar-refractivity contribution is 0.280. The van der Waals surface area contributed by atoms with Gasteiger partial charge in [-0.25, -0.2) is 4.68 Å². The summed E-state index contributed by atoms with van der Waals surface area (Å²) in [4.78, 5) is 0. The number of ether oxygens (including phenoxy) is 2. The van der Waals surface area contributed by atoms with Gasteiger partial charge in [0, 0.05) is 31.5 Å². The van der Waals surface area contributed by atoms with Crippen molar-refractivity contribution in [3.8, 4) is 11.5 Å². The maximum absolute atomic E-state index is 6.08. The molecule has 2 aromatic carbocycles. The number of nitrogens with zero attached hydrogens (tertiary/aromatic N) is 4. The fraction of sp³-hybridized carbons (Fsp3) is 0.316. The summed E-state index contributed by atoms with van der Waals surface area (Å²) in [5.74, 6) is 2.39. The molecule has 0 saturated heterocycles. The second-order valence-corrected chi connectivity index (χ2v) is 6.90. The molecule has 0 bridgehead atoms. The first-order valence-electron chi connectivity index (χ1n) is 8.66. The highest BCUT2D eigenvalue weighted by Gasteiger charge is 2.11. The van der Waals surface area contributed by atoms with E-state index in [0.29, 0.717) is 13.2 Å². The van der Waals surface area contributed by atoms with Crippen LogP contribution in [0.2, 0.25) is 0 Å². The van der Waals surface area contributed by atoms with Crippen LogP contribution < -0.4 is 14.8 Å². The summed E-state index contributed by atoms with van der Waals surface area (Å²) < 4.78 is 13.2. The number of methoxy groups -OCH3 is 1. The molecule has 1 aromatic heterocycles. The molecule has 0 fully saturated rings. The number of benzene rings is 2. The van der Waals surface area contributed by atoms with Gasteiger partial charge < -0.3 is 14.8 Å². The van der Waals surface area contributed by atoms with E-state index < -0.39 is 0 Å². The van der Waals surface area contributed by atoms with Crippen LogP contribution in [0.1, 0.15) is 11.1 Å². The Morgan fingerprint density at radius 2 is 1.93 bits per heavy atom. The predicted octanol–water partition coefficient (Wildman–Crippen LogP) is 3.10. The van der Waals surface area contributed by atoms with E-state index in [1.54, 1.807) is 23.6 Å². The van der Waals surface area contributed by atoms with Crippen LogP contribution in [0.15, 0.2) is 53.7 Å². The molecule has 3 rings (SSSR count). The van der Waals surface area contributed by atoms with Gasteiger partial charge in [-0.2, -0.15) is 0 Å². The molecule has 150 valence electrons. The third-order valence-corrected chi connectivity index (χ3v) is 4.93. The molecule has 0 saturated carbocycles. The van der Waals surface area contributed by atoms with Crippen molar-refractivity contribution in [2.24, 2.45) is 7.05 Å². The van der Waals surface area contributed by atoms with Crippen LogP contribution in [0.25, 0.3) is 0 Å². The normalized spacial score (nSPS) is 10.4. The van der Waals surface area contributed by atoms with Gasteiger partial charge in [0.25, 0.3) is 0 Å². The summed E-state index contributed by atoms with van der Waals surface area (Å²) in [7, 11) is 3.50. The zero-order valence-electron chi connectivity index (χ0n) is 15.9. The van der Waals surface area contributed by atoms with Crippen molar-refractivity contribution in [1.82, 2.24) is 25.5 Å². The third kappa shape index (κ3) is 6.12. The topological polar surface area (TPSA) is 74.1 Å². The van der Waals surface area contributed by atoms with E-state index in [0.717, 1.165) is 40.1 Å². The van der Waals surface area contributed by atoms with Gasteiger partial charge in [-0.15, -0.1) is 17.5 Å². The second kappa shape index (κ2) is 11.5. The lowest BCUT2D eigenvalue weighted by Gasteiger charge is -2.15. The van der Waals surface area contributed by atoms with Crippen molar-refractivity contribution < 1.29 is 9.47 Å². The van der Waals surface area contributed by atoms with E-state index in [4.69, 9.17) is 9.47 Å². The van der Waals surface area contributed by atoms with E-state index in [1.165, 1.54) is 0 Å². The van der Waals surface area contributed by atoms with Crippen LogP contribution in [0.3, 0.4) is 0 Å². The van der Waals surface area contributed by atoms with Crippen molar-refractivity contribution >= 4 is 24.2 Å². The van der Waals surface area contributed by atoms with Crippen molar-refractivity contribution in [2.75, 3.05) is 19.4 Å². The first kappa shape index (κ1) is 22.0. The SMILES string of the molecule is COc1cccc(CNCCSc2nnnn2C)c1OCc1ccccc1.Cl. The van der Waals surface area contributed by atoms with Gasteiger partial charge in [0.15, 0.2) is 11.5 Å². The van der Waals surface area contributed by atoms with Crippen LogP contribution in [0.4, 0.5) is 0 Å². The van der Waals surface area contributed by atoms with Crippen LogP contribution in [0, 0.1) is 0 Å². The molecular formula is C19H24ClN5O2S. The minimum atomic E-state index is 0. The number of rotatable bonds is 10. The zero-order valence-corrected chi connectivity index (χ0v) is 17.5. The van der Waals surface area contributed by atoms with Gasteiger partial charge in [-0.05, 0) is 22.1 Å². The number of aromatic nitrogens is 4. The number of halogens is 1. The number of hydrogen-bond donors (Lipinski definition) is 1. The average molecular weight is 422 g/mol. The standard InChI is InChI=1S/C19H23N5O2S.ClH/c1-24-19(21-22-23-24)27-12-11-20-13-16-9-6-10-17(25-2)18(16)26-14-15-7-4-3-5-8-15;/h3-10,20H,11-14H2,1-2H3;1H. The number of hydrogen-bond acceptors (Lipinski definition) is 7. The number of para-hydroxylation sites is 1. The molecule has 3 aromatic rings. The molecule has 9 heteroatoms. The smallest absolute Gasteiger partial charge is 0.209 e. The number of thioether (sulfide) groups is 1. The molecule has 1 N–H and O–H groups in total. The Morgan fingerprint density at radius 1 is 1.11 bits per heavy atom. The van der Waals surface area contributed by atoms with Crippen molar-refractivity contribution in [2.45, 2.75) is 18.3 Å². The molecule has 0 amide bonds. The van der Waals surface area contributed by atoms with Crippen molar-refractivity contribution in [1.29, 1.82) is 0 Å². The second-order valence-electron chi connectivity index (χ2n) is 5.83. The summed E-state index contributed by atoms with van der Waals surface area (Å²) in [6, 6.07) is 16.1. The Balaban J connectivity index is 0.00000280. The molecule has 0 unspecified atom stereocenters. The van der Waals surface area contributed by atoms with Crippen LogP contribution >= 0.6 is 24.2 Å².